The predicted molar refractivity (Wildman–Crippen MR) is 161 cm³/mol. The van der Waals surface area contributed by atoms with Crippen molar-refractivity contribution < 1.29 is 0 Å². The number of benzene rings is 2. The normalized spacial score (nSPS) is 28.4. The van der Waals surface area contributed by atoms with E-state index in [9.17, 15) is 0 Å². The lowest BCUT2D eigenvalue weighted by Crippen LogP contribution is -2.27. The summed E-state index contributed by atoms with van der Waals surface area (Å²) < 4.78 is 0. The summed E-state index contributed by atoms with van der Waals surface area (Å²) in [5.41, 5.74) is 9.95. The fourth-order valence-electron chi connectivity index (χ4n) is 7.14. The highest BCUT2D eigenvalue weighted by Gasteiger charge is 2.48. The van der Waals surface area contributed by atoms with Gasteiger partial charge in [0.1, 0.15) is 0 Å². The van der Waals surface area contributed by atoms with E-state index in [1.54, 1.807) is 5.57 Å². The zero-order valence-electron chi connectivity index (χ0n) is 23.4. The predicted octanol–water partition coefficient (Wildman–Crippen LogP) is 10.0. The highest BCUT2D eigenvalue weighted by Crippen LogP contribution is 2.58. The average molecular weight is 490 g/mol. The highest BCUT2D eigenvalue weighted by atomic mass is 15.2. The topological polar surface area (TPSA) is 3.24 Å². The first kappa shape index (κ1) is 25.6. The first-order valence-electron chi connectivity index (χ1n) is 14.1. The van der Waals surface area contributed by atoms with E-state index in [2.05, 4.69) is 132 Å². The van der Waals surface area contributed by atoms with Gasteiger partial charge in [-0.05, 0) is 96.8 Å². The molecule has 5 rings (SSSR count). The molecule has 4 unspecified atom stereocenters. The van der Waals surface area contributed by atoms with Crippen LogP contribution in [0.2, 0.25) is 0 Å². The SMILES string of the molecule is C=CC1c2cc(C(C)C/C=C3\C(=C)C(C)(C)C4CC(C)=CCC34)ccc2N(c2ccccc2)[C@@H]1/C=C\C. The van der Waals surface area contributed by atoms with E-state index in [0.717, 1.165) is 6.42 Å². The Morgan fingerprint density at radius 2 is 1.89 bits per heavy atom. The molecule has 1 aliphatic heterocycles. The molecule has 1 heteroatoms. The lowest BCUT2D eigenvalue weighted by molar-refractivity contribution is 0.238. The molecule has 0 spiro atoms. The molecule has 1 nitrogen and oxygen atoms in total. The number of rotatable bonds is 6. The second-order valence-electron chi connectivity index (χ2n) is 12.0. The smallest absolute Gasteiger partial charge is 0.0626 e. The van der Waals surface area contributed by atoms with Crippen molar-refractivity contribution in [3.63, 3.8) is 0 Å². The Balaban J connectivity index is 1.44. The molecular weight excluding hydrogens is 446 g/mol. The van der Waals surface area contributed by atoms with E-state index in [-0.39, 0.29) is 17.4 Å². The maximum atomic E-state index is 4.60. The summed E-state index contributed by atoms with van der Waals surface area (Å²) >= 11 is 0. The van der Waals surface area contributed by atoms with Crippen LogP contribution >= 0.6 is 0 Å². The van der Waals surface area contributed by atoms with E-state index >= 15 is 0 Å². The van der Waals surface area contributed by atoms with Crippen LogP contribution in [0.25, 0.3) is 0 Å². The van der Waals surface area contributed by atoms with Gasteiger partial charge in [-0.25, -0.2) is 0 Å². The third-order valence-electron chi connectivity index (χ3n) is 9.48. The molecular formula is C36H43N. The molecule has 192 valence electrons. The first-order chi connectivity index (χ1) is 17.8. The zero-order chi connectivity index (χ0) is 26.3. The minimum Gasteiger partial charge on any atom is -0.333 e. The molecule has 0 bridgehead atoms. The van der Waals surface area contributed by atoms with Crippen molar-refractivity contribution in [1.29, 1.82) is 0 Å². The molecule has 0 saturated heterocycles. The molecule has 2 aromatic rings. The Bertz CT molecular complexity index is 1270. The van der Waals surface area contributed by atoms with Crippen molar-refractivity contribution in [1.82, 2.24) is 0 Å². The average Bonchev–Trinajstić information content (AvgIpc) is 3.30. The molecule has 1 fully saturated rings. The quantitative estimate of drug-likeness (QED) is 0.365. The number of para-hydroxylation sites is 1. The van der Waals surface area contributed by atoms with Gasteiger partial charge in [0.25, 0.3) is 0 Å². The summed E-state index contributed by atoms with van der Waals surface area (Å²) in [4.78, 5) is 2.47. The van der Waals surface area contributed by atoms with Gasteiger partial charge >= 0.3 is 0 Å². The van der Waals surface area contributed by atoms with Gasteiger partial charge in [-0.15, -0.1) is 6.58 Å². The van der Waals surface area contributed by atoms with Crippen molar-refractivity contribution in [2.45, 2.75) is 71.8 Å². The van der Waals surface area contributed by atoms with Crippen LogP contribution in [0, 0.1) is 17.3 Å². The van der Waals surface area contributed by atoms with Gasteiger partial charge < -0.3 is 4.90 Å². The second kappa shape index (κ2) is 10.0. The van der Waals surface area contributed by atoms with Gasteiger partial charge in [0.15, 0.2) is 0 Å². The Morgan fingerprint density at radius 3 is 2.59 bits per heavy atom. The summed E-state index contributed by atoms with van der Waals surface area (Å²) in [6.07, 6.45) is 15.0. The van der Waals surface area contributed by atoms with Crippen LogP contribution in [0.1, 0.15) is 76.8 Å². The minimum atomic E-state index is 0.183. The van der Waals surface area contributed by atoms with Crippen molar-refractivity contribution in [2.24, 2.45) is 17.3 Å². The van der Waals surface area contributed by atoms with Crippen molar-refractivity contribution in [3.8, 4) is 0 Å². The Hall–Kier alpha value is -3.06. The second-order valence-corrected chi connectivity index (χ2v) is 12.0. The Kier molecular flexibility index (Phi) is 6.92. The van der Waals surface area contributed by atoms with Gasteiger partial charge in [-0.2, -0.15) is 0 Å². The molecule has 1 saturated carbocycles. The summed E-state index contributed by atoms with van der Waals surface area (Å²) in [5.74, 6) is 2.03. The summed E-state index contributed by atoms with van der Waals surface area (Å²) in [7, 11) is 0. The fourth-order valence-corrected chi connectivity index (χ4v) is 7.14. The molecule has 0 aromatic heterocycles. The van der Waals surface area contributed by atoms with Gasteiger partial charge in [-0.3, -0.25) is 0 Å². The van der Waals surface area contributed by atoms with Crippen LogP contribution in [0.4, 0.5) is 11.4 Å². The van der Waals surface area contributed by atoms with E-state index in [1.807, 2.05) is 0 Å². The van der Waals surface area contributed by atoms with Crippen LogP contribution < -0.4 is 4.90 Å². The Morgan fingerprint density at radius 1 is 1.14 bits per heavy atom. The van der Waals surface area contributed by atoms with Crippen molar-refractivity contribution in [2.75, 3.05) is 4.90 Å². The molecule has 2 aromatic carbocycles. The largest absolute Gasteiger partial charge is 0.333 e. The number of allylic oxidation sites excluding steroid dienone is 6. The van der Waals surface area contributed by atoms with E-state index in [1.165, 1.54) is 46.5 Å². The monoisotopic (exact) mass is 489 g/mol. The zero-order valence-corrected chi connectivity index (χ0v) is 23.4. The van der Waals surface area contributed by atoms with Crippen LogP contribution in [-0.4, -0.2) is 6.04 Å². The maximum absolute atomic E-state index is 4.60. The fraction of sp³-hybridized carbons (Fsp3) is 0.389. The lowest BCUT2D eigenvalue weighted by Gasteiger charge is -2.33. The van der Waals surface area contributed by atoms with Gasteiger partial charge in [0.05, 0.1) is 6.04 Å². The van der Waals surface area contributed by atoms with Crippen LogP contribution in [0.15, 0.2) is 109 Å². The lowest BCUT2D eigenvalue weighted by atomic mass is 9.71. The molecule has 3 aliphatic rings. The van der Waals surface area contributed by atoms with E-state index in [0.29, 0.717) is 17.8 Å². The molecule has 0 N–H and O–H groups in total. The molecule has 37 heavy (non-hydrogen) atoms. The van der Waals surface area contributed by atoms with Gasteiger partial charge in [0, 0.05) is 17.3 Å². The van der Waals surface area contributed by atoms with E-state index < -0.39 is 0 Å². The summed E-state index contributed by atoms with van der Waals surface area (Å²) in [5, 5.41) is 0. The van der Waals surface area contributed by atoms with Gasteiger partial charge in [-0.1, -0.05) is 93.6 Å². The number of hydrogen-bond donors (Lipinski definition) is 0. The maximum Gasteiger partial charge on any atom is 0.0626 e. The summed E-state index contributed by atoms with van der Waals surface area (Å²) in [6, 6.07) is 18.1. The molecule has 5 atom stereocenters. The summed E-state index contributed by atoms with van der Waals surface area (Å²) in [6.45, 7) is 20.4. The number of nitrogens with zero attached hydrogens (tertiary/aromatic N) is 1. The third kappa shape index (κ3) is 4.37. The standard InChI is InChI=1S/C36H43N/c1-8-13-34-29(9-2)32-23-27(18-21-35(32)37(34)28-14-11-10-12-15-28)25(4)17-20-30-26(5)36(6,7)33-22-24(3)16-19-31(30)33/h8-16,18,20-21,23,25,29,31,33-34H,2,5,17,19,22H2,1,3-4,6-7H3/b13-8-,30-20+/t25?,29?,31?,33?,34-/m1/s1. The van der Waals surface area contributed by atoms with Crippen molar-refractivity contribution in [3.05, 3.63) is 120 Å². The van der Waals surface area contributed by atoms with E-state index in [4.69, 9.17) is 0 Å². The number of hydrogen-bond acceptors (Lipinski definition) is 1. The molecule has 2 aliphatic carbocycles. The number of anilines is 2. The van der Waals surface area contributed by atoms with Crippen LogP contribution in [0.3, 0.4) is 0 Å². The number of fused-ring (bicyclic) bond motifs is 2. The molecule has 0 radical (unpaired) electrons. The third-order valence-corrected chi connectivity index (χ3v) is 9.48. The van der Waals surface area contributed by atoms with Crippen molar-refractivity contribution >= 4 is 11.4 Å². The van der Waals surface area contributed by atoms with Crippen LogP contribution in [0.5, 0.6) is 0 Å². The minimum absolute atomic E-state index is 0.183. The highest BCUT2D eigenvalue weighted by molar-refractivity contribution is 5.75. The van der Waals surface area contributed by atoms with Gasteiger partial charge in [0.2, 0.25) is 0 Å². The molecule has 0 amide bonds. The first-order valence-corrected chi connectivity index (χ1v) is 14.1. The molecule has 1 heterocycles. The van der Waals surface area contributed by atoms with Crippen LogP contribution in [-0.2, 0) is 0 Å². The Labute approximate surface area is 225 Å².